The minimum atomic E-state index is 0. The molecule has 0 amide bonds. The first kappa shape index (κ1) is 49.8. The molecule has 0 aliphatic heterocycles. The third-order valence-electron chi connectivity index (χ3n) is 13.5. The minimum absolute atomic E-state index is 0. The first-order valence-electron chi connectivity index (χ1n) is 25.2. The molecule has 373 valence electrons. The van der Waals surface area contributed by atoms with Crippen molar-refractivity contribution in [1.29, 1.82) is 0 Å². The zero-order chi connectivity index (χ0) is 51.4. The van der Waals surface area contributed by atoms with Crippen LogP contribution in [0.15, 0.2) is 243 Å². The molecule has 14 aromatic rings. The number of benzene rings is 10. The van der Waals surface area contributed by atoms with Gasteiger partial charge in [-0.1, -0.05) is 210 Å². The van der Waals surface area contributed by atoms with Gasteiger partial charge in [0, 0.05) is 32.1 Å². The normalized spacial score (nSPS) is 10.9. The quantitative estimate of drug-likeness (QED) is 0.0906. The van der Waals surface area contributed by atoms with E-state index in [1.807, 2.05) is 18.2 Å². The third-order valence-corrected chi connectivity index (χ3v) is 13.5. The average Bonchev–Trinajstić information content (AvgIpc) is 4.24. The SMILES string of the molecule is C[n+]1[c-]n(-c2[c-]c3ccccc3c3ccccc23)c(-c2ccccc2)c1-c1ccccc1.C[n+]1[c-]n(-c2[c-]c3ccccc3c3ccccc23)c(-c2ccccc2)c1-c1ccccc1.Cc1n[n-]c(-c2ccccn2)n1.[Ir]. The molecule has 14 rings (SSSR count). The molecule has 0 aliphatic carbocycles. The molecule has 0 bridgehead atoms. The molecule has 0 atom stereocenters. The fraction of sp³-hybridized carbons (Fsp3) is 0.0441. The van der Waals surface area contributed by atoms with Gasteiger partial charge in [-0.2, -0.15) is 0 Å². The monoisotopic (exact) mass is 1170 g/mol. The molecule has 0 saturated heterocycles. The number of imidazole rings is 2. The Morgan fingerprint density at radius 2 is 0.766 bits per heavy atom. The van der Waals surface area contributed by atoms with Crippen LogP contribution in [-0.4, -0.2) is 24.2 Å². The van der Waals surface area contributed by atoms with E-state index in [4.69, 9.17) is 0 Å². The summed E-state index contributed by atoms with van der Waals surface area (Å²) in [6.07, 6.45) is 8.88. The van der Waals surface area contributed by atoms with Crippen molar-refractivity contribution >= 4 is 43.1 Å². The Balaban J connectivity index is 0.000000134. The van der Waals surface area contributed by atoms with Gasteiger partial charge in [-0.05, 0) is 58.5 Å². The fourth-order valence-electron chi connectivity index (χ4n) is 10.1. The maximum Gasteiger partial charge on any atom is 0.242 e. The number of rotatable bonds is 7. The Labute approximate surface area is 461 Å². The molecule has 1 radical (unpaired) electrons. The molecule has 0 aliphatic rings. The second-order valence-electron chi connectivity index (χ2n) is 18.4. The molecule has 0 saturated carbocycles. The van der Waals surface area contributed by atoms with Crippen LogP contribution in [0.1, 0.15) is 5.82 Å². The van der Waals surface area contributed by atoms with Crippen molar-refractivity contribution in [3.63, 3.8) is 0 Å². The van der Waals surface area contributed by atoms with Gasteiger partial charge in [0.2, 0.25) is 12.7 Å². The Morgan fingerprint density at radius 1 is 0.403 bits per heavy atom. The minimum Gasteiger partial charge on any atom is -0.421 e. The topological polar surface area (TPSA) is 70.4 Å². The van der Waals surface area contributed by atoms with E-state index in [0.717, 1.165) is 83.6 Å². The zero-order valence-electron chi connectivity index (χ0n) is 42.5. The van der Waals surface area contributed by atoms with Crippen LogP contribution in [0.3, 0.4) is 0 Å². The standard InChI is InChI=1S/2C30H21N2.C8H7N4.Ir/c2*1-31-21-32(28-20-24-16-8-9-17-25(24)26-18-10-11-19-27(26)28)30(23-14-6-3-7-15-23)29(31)22-12-4-2-5-13-22;1-6-10-8(12-11-6)7-4-2-3-5-9-7;/h2*2-19H,1H3;2-5H,1H3;/q3*-1;. The van der Waals surface area contributed by atoms with Crippen LogP contribution < -0.4 is 14.2 Å². The van der Waals surface area contributed by atoms with Crippen molar-refractivity contribution in [3.8, 4) is 67.9 Å². The summed E-state index contributed by atoms with van der Waals surface area (Å²) in [5, 5.41) is 17.1. The number of fused-ring (bicyclic) bond motifs is 6. The average molecular weight is 1170 g/mol. The smallest absolute Gasteiger partial charge is 0.242 e. The predicted octanol–water partition coefficient (Wildman–Crippen LogP) is 13.9. The Morgan fingerprint density at radius 3 is 1.16 bits per heavy atom. The van der Waals surface area contributed by atoms with Gasteiger partial charge in [0.1, 0.15) is 0 Å². The van der Waals surface area contributed by atoms with Crippen molar-refractivity contribution in [3.05, 3.63) is 273 Å². The van der Waals surface area contributed by atoms with Crippen molar-refractivity contribution in [2.45, 2.75) is 6.92 Å². The first-order valence-corrected chi connectivity index (χ1v) is 25.2. The van der Waals surface area contributed by atoms with Gasteiger partial charge < -0.3 is 28.4 Å². The Bertz CT molecular complexity index is 4060. The summed E-state index contributed by atoms with van der Waals surface area (Å²) >= 11 is 0. The molecule has 0 N–H and O–H groups in total. The van der Waals surface area contributed by atoms with Crippen LogP contribution in [0.25, 0.3) is 111 Å². The summed E-state index contributed by atoms with van der Waals surface area (Å²) < 4.78 is 8.53. The van der Waals surface area contributed by atoms with E-state index in [0.29, 0.717) is 11.6 Å². The summed E-state index contributed by atoms with van der Waals surface area (Å²) in [6, 6.07) is 89.3. The molecule has 8 nitrogen and oxygen atoms in total. The fourth-order valence-corrected chi connectivity index (χ4v) is 10.1. The third kappa shape index (κ3) is 9.89. The van der Waals surface area contributed by atoms with E-state index in [2.05, 4.69) is 296 Å². The molecule has 10 aromatic carbocycles. The van der Waals surface area contributed by atoms with E-state index < -0.39 is 0 Å². The number of hydrogen-bond acceptors (Lipinski definition) is 3. The second kappa shape index (κ2) is 22.2. The first-order chi connectivity index (χ1) is 37.5. The summed E-state index contributed by atoms with van der Waals surface area (Å²) in [5.41, 5.74) is 11.9. The van der Waals surface area contributed by atoms with Gasteiger partial charge in [-0.15, -0.1) is 70.1 Å². The van der Waals surface area contributed by atoms with Gasteiger partial charge in [0.05, 0.1) is 42.6 Å². The Hall–Kier alpha value is -9.40. The van der Waals surface area contributed by atoms with Crippen LogP contribution >= 0.6 is 0 Å². The summed E-state index contributed by atoms with van der Waals surface area (Å²) in [7, 11) is 4.13. The number of nitrogens with zero attached hydrogens (tertiary/aromatic N) is 8. The summed E-state index contributed by atoms with van der Waals surface area (Å²) in [5.74, 6) is 1.27. The van der Waals surface area contributed by atoms with Crippen molar-refractivity contribution in [2.75, 3.05) is 0 Å². The van der Waals surface area contributed by atoms with Crippen LogP contribution in [-0.2, 0) is 34.2 Å². The van der Waals surface area contributed by atoms with E-state index in [9.17, 15) is 0 Å². The van der Waals surface area contributed by atoms with Crippen LogP contribution in [0.2, 0.25) is 0 Å². The van der Waals surface area contributed by atoms with Crippen molar-refractivity contribution in [1.82, 2.24) is 29.3 Å². The molecular weight excluding hydrogens is 1120 g/mol. The van der Waals surface area contributed by atoms with Crippen LogP contribution in [0.4, 0.5) is 0 Å². The predicted molar refractivity (Wildman–Crippen MR) is 304 cm³/mol. The van der Waals surface area contributed by atoms with Crippen molar-refractivity contribution in [2.24, 2.45) is 14.1 Å². The number of aryl methyl sites for hydroxylation is 3. The van der Waals surface area contributed by atoms with Crippen LogP contribution in [0, 0.1) is 31.7 Å². The van der Waals surface area contributed by atoms with Crippen LogP contribution in [0.5, 0.6) is 0 Å². The molecule has 4 aromatic heterocycles. The molecule has 0 spiro atoms. The van der Waals surface area contributed by atoms with E-state index in [1.165, 1.54) is 21.5 Å². The van der Waals surface area contributed by atoms with Gasteiger partial charge in [-0.3, -0.25) is 10.1 Å². The molecule has 0 fully saturated rings. The van der Waals surface area contributed by atoms with Gasteiger partial charge in [0.15, 0.2) is 0 Å². The maximum absolute atomic E-state index is 4.10. The number of aromatic nitrogens is 8. The second-order valence-corrected chi connectivity index (χ2v) is 18.4. The zero-order valence-corrected chi connectivity index (χ0v) is 44.9. The van der Waals surface area contributed by atoms with Gasteiger partial charge in [0.25, 0.3) is 0 Å². The van der Waals surface area contributed by atoms with Gasteiger partial charge in [-0.25, -0.2) is 0 Å². The number of pyridine rings is 1. The summed E-state index contributed by atoms with van der Waals surface area (Å²) in [6.45, 7) is 1.80. The molecule has 9 heteroatoms. The van der Waals surface area contributed by atoms with Gasteiger partial charge >= 0.3 is 0 Å². The molecule has 4 heterocycles. The van der Waals surface area contributed by atoms with Crippen molar-refractivity contribution < 1.29 is 29.2 Å². The largest absolute Gasteiger partial charge is 0.421 e. The molecule has 77 heavy (non-hydrogen) atoms. The van der Waals surface area contributed by atoms with E-state index >= 15 is 0 Å². The molecular formula is C68H49IrN8-3. The van der Waals surface area contributed by atoms with E-state index in [1.54, 1.807) is 13.1 Å². The molecule has 0 unspecified atom stereocenters. The summed E-state index contributed by atoms with van der Waals surface area (Å²) in [4.78, 5) is 8.19. The number of hydrogen-bond donors (Lipinski definition) is 0. The van der Waals surface area contributed by atoms with E-state index in [-0.39, 0.29) is 20.1 Å². The maximum atomic E-state index is 4.10. The Kier molecular flexibility index (Phi) is 14.4.